The van der Waals surface area contributed by atoms with Crippen molar-refractivity contribution in [1.82, 2.24) is 9.88 Å². The van der Waals surface area contributed by atoms with Gasteiger partial charge in [0.15, 0.2) is 0 Å². The van der Waals surface area contributed by atoms with Crippen molar-refractivity contribution >= 4 is 11.9 Å². The fourth-order valence-electron chi connectivity index (χ4n) is 2.18. The predicted molar refractivity (Wildman–Crippen MR) is 79.1 cm³/mol. The number of carbonyl (C=O) groups is 2. The molecule has 0 bridgehead atoms. The number of carboxylic acid groups (broad SMARTS) is 1. The Bertz CT molecular complexity index is 619. The predicted octanol–water partition coefficient (Wildman–Crippen LogP) is 1.93. The number of benzene rings is 1. The van der Waals surface area contributed by atoms with Crippen molar-refractivity contribution in [2.45, 2.75) is 25.9 Å². The van der Waals surface area contributed by atoms with Crippen molar-refractivity contribution in [2.75, 3.05) is 0 Å². The second kappa shape index (κ2) is 6.74. The molecule has 5 nitrogen and oxygen atoms in total. The molecular formula is C16H18N2O3. The molecule has 21 heavy (non-hydrogen) atoms. The number of hydrogen-bond acceptors (Lipinski definition) is 2. The van der Waals surface area contributed by atoms with Crippen LogP contribution < -0.4 is 5.32 Å². The summed E-state index contributed by atoms with van der Waals surface area (Å²) in [5, 5.41) is 11.9. The molecule has 0 unspecified atom stereocenters. The zero-order valence-corrected chi connectivity index (χ0v) is 11.8. The molecule has 1 aromatic carbocycles. The van der Waals surface area contributed by atoms with Crippen LogP contribution in [0.5, 0.6) is 0 Å². The Balaban J connectivity index is 2.10. The normalized spacial score (nSPS) is 11.9. The van der Waals surface area contributed by atoms with Crippen LogP contribution in [-0.4, -0.2) is 27.6 Å². The van der Waals surface area contributed by atoms with Crippen molar-refractivity contribution in [3.63, 3.8) is 0 Å². The third-order valence-corrected chi connectivity index (χ3v) is 3.29. The van der Waals surface area contributed by atoms with Gasteiger partial charge in [-0.05, 0) is 24.6 Å². The van der Waals surface area contributed by atoms with Crippen LogP contribution >= 0.6 is 0 Å². The van der Waals surface area contributed by atoms with Gasteiger partial charge >= 0.3 is 5.97 Å². The van der Waals surface area contributed by atoms with Crippen LogP contribution in [0.25, 0.3) is 0 Å². The van der Waals surface area contributed by atoms with Crippen molar-refractivity contribution in [3.8, 4) is 0 Å². The molecule has 2 rings (SSSR count). The number of amides is 1. The van der Waals surface area contributed by atoms with Gasteiger partial charge < -0.3 is 15.0 Å². The molecule has 110 valence electrons. The van der Waals surface area contributed by atoms with Crippen molar-refractivity contribution < 1.29 is 14.7 Å². The number of nitrogens with zero attached hydrogens (tertiary/aromatic N) is 1. The van der Waals surface area contributed by atoms with Crippen LogP contribution in [0.2, 0.25) is 0 Å². The lowest BCUT2D eigenvalue weighted by atomic mass is 10.1. The number of carboxylic acids is 1. The first-order valence-electron chi connectivity index (χ1n) is 6.84. The van der Waals surface area contributed by atoms with Gasteiger partial charge in [0.25, 0.3) is 5.91 Å². The van der Waals surface area contributed by atoms with Crippen LogP contribution in [-0.2, 0) is 17.8 Å². The highest BCUT2D eigenvalue weighted by atomic mass is 16.4. The number of rotatable bonds is 6. The summed E-state index contributed by atoms with van der Waals surface area (Å²) in [7, 11) is 0. The summed E-state index contributed by atoms with van der Waals surface area (Å²) in [6.07, 6.45) is 2.05. The first-order chi connectivity index (χ1) is 10.1. The van der Waals surface area contributed by atoms with E-state index in [2.05, 4.69) is 5.32 Å². The van der Waals surface area contributed by atoms with Gasteiger partial charge in [0.05, 0.1) is 0 Å². The summed E-state index contributed by atoms with van der Waals surface area (Å²) in [5.41, 5.74) is 1.34. The summed E-state index contributed by atoms with van der Waals surface area (Å²) in [5.74, 6) is -1.41. The van der Waals surface area contributed by atoms with Crippen LogP contribution in [0.1, 0.15) is 23.0 Å². The van der Waals surface area contributed by atoms with Crippen molar-refractivity contribution in [3.05, 3.63) is 59.9 Å². The first kappa shape index (κ1) is 14.8. The van der Waals surface area contributed by atoms with Gasteiger partial charge in [0, 0.05) is 19.2 Å². The minimum atomic E-state index is -1.04. The SMILES string of the molecule is CCn1cccc1C(=O)N[C@H](Cc1ccccc1)C(=O)O. The number of carbonyl (C=O) groups excluding carboxylic acids is 1. The molecule has 0 aliphatic heterocycles. The van der Waals surface area contributed by atoms with Crippen molar-refractivity contribution in [2.24, 2.45) is 0 Å². The lowest BCUT2D eigenvalue weighted by Crippen LogP contribution is -2.42. The Morgan fingerprint density at radius 1 is 1.19 bits per heavy atom. The lowest BCUT2D eigenvalue weighted by molar-refractivity contribution is -0.139. The van der Waals surface area contributed by atoms with E-state index in [1.165, 1.54) is 0 Å². The second-order valence-electron chi connectivity index (χ2n) is 4.73. The van der Waals surface area contributed by atoms with Crippen LogP contribution in [0.15, 0.2) is 48.7 Å². The molecule has 5 heteroatoms. The zero-order valence-electron chi connectivity index (χ0n) is 11.8. The Morgan fingerprint density at radius 2 is 1.90 bits per heavy atom. The average Bonchev–Trinajstić information content (AvgIpc) is 2.96. The third kappa shape index (κ3) is 3.72. The number of nitrogens with one attached hydrogen (secondary N) is 1. The summed E-state index contributed by atoms with van der Waals surface area (Å²) in [6.45, 7) is 2.58. The van der Waals surface area contributed by atoms with Crippen molar-refractivity contribution in [1.29, 1.82) is 0 Å². The summed E-state index contributed by atoms with van der Waals surface area (Å²) in [4.78, 5) is 23.5. The molecule has 2 aromatic rings. The molecule has 0 saturated carbocycles. The van der Waals surface area contributed by atoms with Gasteiger partial charge in [-0.3, -0.25) is 4.79 Å². The Hall–Kier alpha value is -2.56. The Kier molecular flexibility index (Phi) is 4.77. The van der Waals surface area contributed by atoms with E-state index in [9.17, 15) is 14.7 Å². The minimum absolute atomic E-state index is 0.259. The average molecular weight is 286 g/mol. The number of aryl methyl sites for hydroxylation is 1. The fraction of sp³-hybridized carbons (Fsp3) is 0.250. The minimum Gasteiger partial charge on any atom is -0.480 e. The van der Waals surface area contributed by atoms with E-state index < -0.39 is 12.0 Å². The van der Waals surface area contributed by atoms with Gasteiger partial charge in [-0.1, -0.05) is 30.3 Å². The highest BCUT2D eigenvalue weighted by Crippen LogP contribution is 2.06. The number of hydrogen-bond donors (Lipinski definition) is 2. The van der Waals surface area contributed by atoms with E-state index in [4.69, 9.17) is 0 Å². The van der Waals surface area contributed by atoms with E-state index >= 15 is 0 Å². The summed E-state index contributed by atoms with van der Waals surface area (Å²) in [6, 6.07) is 11.8. The maximum atomic E-state index is 12.2. The van der Waals surface area contributed by atoms with E-state index in [0.29, 0.717) is 12.2 Å². The van der Waals surface area contributed by atoms with E-state index in [-0.39, 0.29) is 12.3 Å². The Morgan fingerprint density at radius 3 is 2.52 bits per heavy atom. The molecule has 0 saturated heterocycles. The smallest absolute Gasteiger partial charge is 0.326 e. The highest BCUT2D eigenvalue weighted by Gasteiger charge is 2.22. The van der Waals surface area contributed by atoms with E-state index in [1.807, 2.05) is 37.3 Å². The molecule has 0 aliphatic rings. The van der Waals surface area contributed by atoms with Crippen LogP contribution in [0, 0.1) is 0 Å². The molecule has 1 atom stereocenters. The van der Waals surface area contributed by atoms with E-state index in [0.717, 1.165) is 5.56 Å². The van der Waals surface area contributed by atoms with Crippen LogP contribution in [0.3, 0.4) is 0 Å². The number of aliphatic carboxylic acids is 1. The molecule has 1 aromatic heterocycles. The van der Waals surface area contributed by atoms with Crippen LogP contribution in [0.4, 0.5) is 0 Å². The van der Waals surface area contributed by atoms with Gasteiger partial charge in [0.1, 0.15) is 11.7 Å². The first-order valence-corrected chi connectivity index (χ1v) is 6.84. The molecule has 1 amide bonds. The largest absolute Gasteiger partial charge is 0.480 e. The highest BCUT2D eigenvalue weighted by molar-refractivity contribution is 5.95. The standard InChI is InChI=1S/C16H18N2O3/c1-2-18-10-6-9-14(18)15(19)17-13(16(20)21)11-12-7-4-3-5-8-12/h3-10,13H,2,11H2,1H3,(H,17,19)(H,20,21)/t13-/m1/s1. The molecule has 1 heterocycles. The maximum Gasteiger partial charge on any atom is 0.326 e. The van der Waals surface area contributed by atoms with Gasteiger partial charge in [-0.2, -0.15) is 0 Å². The maximum absolute atomic E-state index is 12.2. The fourth-order valence-corrected chi connectivity index (χ4v) is 2.18. The summed E-state index contributed by atoms with van der Waals surface area (Å²) < 4.78 is 1.77. The molecule has 0 spiro atoms. The topological polar surface area (TPSA) is 71.3 Å². The van der Waals surface area contributed by atoms with E-state index in [1.54, 1.807) is 22.9 Å². The molecular weight excluding hydrogens is 268 g/mol. The molecule has 0 aliphatic carbocycles. The zero-order chi connectivity index (χ0) is 15.2. The molecule has 2 N–H and O–H groups in total. The molecule has 0 fully saturated rings. The monoisotopic (exact) mass is 286 g/mol. The third-order valence-electron chi connectivity index (χ3n) is 3.29. The van der Waals surface area contributed by atoms with Gasteiger partial charge in [0.2, 0.25) is 0 Å². The van der Waals surface area contributed by atoms with Gasteiger partial charge in [-0.15, -0.1) is 0 Å². The summed E-state index contributed by atoms with van der Waals surface area (Å²) >= 11 is 0. The lowest BCUT2D eigenvalue weighted by Gasteiger charge is -2.15. The second-order valence-corrected chi connectivity index (χ2v) is 4.73. The van der Waals surface area contributed by atoms with Gasteiger partial charge in [-0.25, -0.2) is 4.79 Å². The molecule has 0 radical (unpaired) electrons. The number of aromatic nitrogens is 1. The Labute approximate surface area is 123 Å². The quantitative estimate of drug-likeness (QED) is 0.852.